The van der Waals surface area contributed by atoms with Crippen LogP contribution >= 0.6 is 0 Å². The molecule has 0 amide bonds. The summed E-state index contributed by atoms with van der Waals surface area (Å²) in [7, 11) is 0. The van der Waals surface area contributed by atoms with E-state index in [9.17, 15) is 0 Å². The van der Waals surface area contributed by atoms with Gasteiger partial charge in [0.1, 0.15) is 0 Å². The Labute approximate surface area is 89.1 Å². The monoisotopic (exact) mass is 192 g/mol. The summed E-state index contributed by atoms with van der Waals surface area (Å²) >= 11 is 0. The lowest BCUT2D eigenvalue weighted by Gasteiger charge is -2.16. The van der Waals surface area contributed by atoms with Gasteiger partial charge in [-0.3, -0.25) is 0 Å². The average molecular weight is 192 g/mol. The molecule has 2 aliphatic carbocycles. The van der Waals surface area contributed by atoms with E-state index in [0.29, 0.717) is 0 Å². The molecule has 0 aromatic heterocycles. The second-order valence-corrected chi connectivity index (χ2v) is 4.51. The Morgan fingerprint density at radius 2 is 1.71 bits per heavy atom. The second kappa shape index (κ2) is 5.38. The summed E-state index contributed by atoms with van der Waals surface area (Å²) in [6, 6.07) is 0. The third kappa shape index (κ3) is 2.73. The van der Waals surface area contributed by atoms with E-state index >= 15 is 0 Å². The zero-order valence-electron chi connectivity index (χ0n) is 9.97. The van der Waals surface area contributed by atoms with Crippen molar-refractivity contribution in [3.05, 3.63) is 23.8 Å². The summed E-state index contributed by atoms with van der Waals surface area (Å²) in [5.41, 5.74) is 2.91. The normalized spacial score (nSPS) is 31.1. The maximum Gasteiger partial charge on any atom is -0.0254 e. The number of rotatable bonds is 0. The molecule has 0 spiro atoms. The van der Waals surface area contributed by atoms with Crippen molar-refractivity contribution in [2.75, 3.05) is 0 Å². The Hall–Kier alpha value is -0.520. The van der Waals surface area contributed by atoms with Crippen LogP contribution in [-0.2, 0) is 0 Å². The Bertz CT molecular complexity index is 222. The summed E-state index contributed by atoms with van der Waals surface area (Å²) < 4.78 is 0. The summed E-state index contributed by atoms with van der Waals surface area (Å²) in [6.45, 7) is 10.4. The van der Waals surface area contributed by atoms with Crippen LogP contribution in [0, 0.1) is 11.8 Å². The van der Waals surface area contributed by atoms with E-state index in [1.165, 1.54) is 37.7 Å². The van der Waals surface area contributed by atoms with Gasteiger partial charge in [0.05, 0.1) is 0 Å². The van der Waals surface area contributed by atoms with Crippen molar-refractivity contribution in [3.63, 3.8) is 0 Å². The van der Waals surface area contributed by atoms with Gasteiger partial charge < -0.3 is 0 Å². The number of fused-ring (bicyclic) bond motifs is 1. The summed E-state index contributed by atoms with van der Waals surface area (Å²) in [5.74, 6) is 1.95. The lowest BCUT2D eigenvalue weighted by molar-refractivity contribution is 0.391. The molecule has 0 heterocycles. The van der Waals surface area contributed by atoms with E-state index in [4.69, 9.17) is 0 Å². The van der Waals surface area contributed by atoms with Crippen LogP contribution in [0.25, 0.3) is 0 Å². The van der Waals surface area contributed by atoms with Gasteiger partial charge in [-0.1, -0.05) is 44.1 Å². The van der Waals surface area contributed by atoms with Gasteiger partial charge in [-0.2, -0.15) is 0 Å². The van der Waals surface area contributed by atoms with Crippen LogP contribution < -0.4 is 0 Å². The Balaban J connectivity index is 0.000000461. The van der Waals surface area contributed by atoms with Crippen LogP contribution in [0.2, 0.25) is 0 Å². The third-order valence-corrected chi connectivity index (χ3v) is 3.38. The minimum Gasteiger partial charge on any atom is -0.0958 e. The lowest BCUT2D eigenvalue weighted by Crippen LogP contribution is -2.06. The maximum atomic E-state index is 4.11. The molecule has 0 heteroatoms. The molecule has 1 saturated carbocycles. The fourth-order valence-electron chi connectivity index (χ4n) is 2.87. The van der Waals surface area contributed by atoms with Gasteiger partial charge >= 0.3 is 0 Å². The highest BCUT2D eigenvalue weighted by Crippen LogP contribution is 2.41. The molecule has 0 saturated heterocycles. The molecule has 80 valence electrons. The molecule has 2 rings (SSSR count). The standard InChI is InChI=1S/C12H18.C2H6/c1-9-6-10(2)8-12-5-3-4-11(12)7-9;1-2/h6,11-12H,1,3-5,7-8H2,2H3;1-2H3. The quantitative estimate of drug-likeness (QED) is 0.520. The highest BCUT2D eigenvalue weighted by molar-refractivity contribution is 5.23. The topological polar surface area (TPSA) is 0 Å². The highest BCUT2D eigenvalue weighted by atomic mass is 14.3. The Kier molecular flexibility index (Phi) is 4.44. The van der Waals surface area contributed by atoms with Gasteiger partial charge in [0.15, 0.2) is 0 Å². The first kappa shape index (κ1) is 11.6. The zero-order chi connectivity index (χ0) is 10.6. The van der Waals surface area contributed by atoms with E-state index < -0.39 is 0 Å². The van der Waals surface area contributed by atoms with Crippen LogP contribution in [0.3, 0.4) is 0 Å². The Morgan fingerprint density at radius 1 is 1.14 bits per heavy atom. The molecule has 0 aliphatic heterocycles. The molecule has 0 bridgehead atoms. The van der Waals surface area contributed by atoms with Crippen molar-refractivity contribution in [2.24, 2.45) is 11.8 Å². The van der Waals surface area contributed by atoms with Crippen LogP contribution in [-0.4, -0.2) is 0 Å². The average Bonchev–Trinajstić information content (AvgIpc) is 2.50. The molecular formula is C14H24. The number of allylic oxidation sites excluding steroid dienone is 3. The van der Waals surface area contributed by atoms with Gasteiger partial charge in [-0.05, 0) is 44.4 Å². The molecule has 0 aromatic rings. The minimum absolute atomic E-state index is 0.964. The minimum atomic E-state index is 0.964. The molecule has 0 aromatic carbocycles. The van der Waals surface area contributed by atoms with Crippen LogP contribution in [0.5, 0.6) is 0 Å². The van der Waals surface area contributed by atoms with Crippen LogP contribution in [0.1, 0.15) is 52.9 Å². The first-order valence-corrected chi connectivity index (χ1v) is 6.10. The van der Waals surface area contributed by atoms with Gasteiger partial charge in [0, 0.05) is 0 Å². The summed E-state index contributed by atoms with van der Waals surface area (Å²) in [4.78, 5) is 0. The van der Waals surface area contributed by atoms with Crippen molar-refractivity contribution >= 4 is 0 Å². The summed E-state index contributed by atoms with van der Waals surface area (Å²) in [5, 5.41) is 0. The lowest BCUT2D eigenvalue weighted by atomic mass is 9.89. The molecule has 2 atom stereocenters. The van der Waals surface area contributed by atoms with Gasteiger partial charge in [-0.15, -0.1) is 0 Å². The van der Waals surface area contributed by atoms with Crippen LogP contribution in [0.4, 0.5) is 0 Å². The first-order chi connectivity index (χ1) is 6.75. The fraction of sp³-hybridized carbons (Fsp3) is 0.714. The second-order valence-electron chi connectivity index (χ2n) is 4.51. The van der Waals surface area contributed by atoms with Crippen LogP contribution in [0.15, 0.2) is 23.8 Å². The first-order valence-electron chi connectivity index (χ1n) is 6.10. The van der Waals surface area contributed by atoms with Gasteiger partial charge in [-0.25, -0.2) is 0 Å². The summed E-state index contributed by atoms with van der Waals surface area (Å²) in [6.07, 6.45) is 9.27. The number of hydrogen-bond acceptors (Lipinski definition) is 0. The predicted molar refractivity (Wildman–Crippen MR) is 64.3 cm³/mol. The molecule has 1 fully saturated rings. The SMILES string of the molecule is C=C1C=C(C)CC2CCCC2C1.CC. The van der Waals surface area contributed by atoms with Gasteiger partial charge in [0.2, 0.25) is 0 Å². The highest BCUT2D eigenvalue weighted by Gasteiger charge is 2.28. The number of hydrogen-bond donors (Lipinski definition) is 0. The van der Waals surface area contributed by atoms with Crippen molar-refractivity contribution in [1.29, 1.82) is 0 Å². The molecule has 0 nitrogen and oxygen atoms in total. The van der Waals surface area contributed by atoms with Crippen molar-refractivity contribution < 1.29 is 0 Å². The molecule has 2 aliphatic rings. The van der Waals surface area contributed by atoms with E-state index in [0.717, 1.165) is 11.8 Å². The Morgan fingerprint density at radius 3 is 2.36 bits per heavy atom. The molecular weight excluding hydrogens is 168 g/mol. The van der Waals surface area contributed by atoms with E-state index in [1.54, 1.807) is 5.57 Å². The van der Waals surface area contributed by atoms with Crippen molar-refractivity contribution in [1.82, 2.24) is 0 Å². The maximum absolute atomic E-state index is 4.11. The van der Waals surface area contributed by atoms with Gasteiger partial charge in [0.25, 0.3) is 0 Å². The third-order valence-electron chi connectivity index (χ3n) is 3.38. The van der Waals surface area contributed by atoms with E-state index in [1.807, 2.05) is 13.8 Å². The van der Waals surface area contributed by atoms with Crippen molar-refractivity contribution in [2.45, 2.75) is 52.9 Å². The molecule has 2 unspecified atom stereocenters. The largest absolute Gasteiger partial charge is 0.0958 e. The predicted octanol–water partition coefficient (Wildman–Crippen LogP) is 4.73. The fourth-order valence-corrected chi connectivity index (χ4v) is 2.87. The molecule has 14 heavy (non-hydrogen) atoms. The van der Waals surface area contributed by atoms with E-state index in [-0.39, 0.29) is 0 Å². The van der Waals surface area contributed by atoms with Crippen molar-refractivity contribution in [3.8, 4) is 0 Å². The smallest absolute Gasteiger partial charge is 0.0254 e. The van der Waals surface area contributed by atoms with E-state index in [2.05, 4.69) is 19.6 Å². The zero-order valence-corrected chi connectivity index (χ0v) is 9.97. The molecule has 0 radical (unpaired) electrons. The molecule has 0 N–H and O–H groups in total.